The van der Waals surface area contributed by atoms with Gasteiger partial charge in [-0.3, -0.25) is 4.79 Å². The molecule has 0 bridgehead atoms. The van der Waals surface area contributed by atoms with Crippen LogP contribution in [0.4, 0.5) is 5.69 Å². The average molecular weight is 374 g/mol. The summed E-state index contributed by atoms with van der Waals surface area (Å²) in [4.78, 5) is 16.8. The van der Waals surface area contributed by atoms with Crippen molar-refractivity contribution in [3.8, 4) is 16.9 Å². The number of para-hydroxylation sites is 1. The van der Waals surface area contributed by atoms with Crippen LogP contribution < -0.4 is 10.1 Å². The van der Waals surface area contributed by atoms with Crippen molar-refractivity contribution in [3.05, 3.63) is 77.8 Å². The zero-order valence-electron chi connectivity index (χ0n) is 14.8. The van der Waals surface area contributed by atoms with Gasteiger partial charge in [0.1, 0.15) is 5.75 Å². The first kappa shape index (κ1) is 17.2. The summed E-state index contributed by atoms with van der Waals surface area (Å²) >= 11 is 1.61. The molecular formula is C22H18N2O2S. The van der Waals surface area contributed by atoms with Gasteiger partial charge in [-0.2, -0.15) is 0 Å². The number of hydrogen-bond donors (Lipinski definition) is 1. The first-order valence-electron chi connectivity index (χ1n) is 8.63. The number of thiazole rings is 1. The molecule has 1 amide bonds. The second-order valence-electron chi connectivity index (χ2n) is 6.11. The third-order valence-electron chi connectivity index (χ3n) is 4.11. The van der Waals surface area contributed by atoms with Crippen LogP contribution in [0, 0.1) is 6.92 Å². The first-order chi connectivity index (χ1) is 13.2. The van der Waals surface area contributed by atoms with E-state index < -0.39 is 0 Å². The van der Waals surface area contributed by atoms with E-state index in [4.69, 9.17) is 4.74 Å². The molecule has 1 N–H and O–H groups in total. The number of nitrogens with one attached hydrogen (secondary N) is 1. The Labute approximate surface area is 161 Å². The van der Waals surface area contributed by atoms with Gasteiger partial charge in [0.25, 0.3) is 5.91 Å². The lowest BCUT2D eigenvalue weighted by molar-refractivity contribution is -0.118. The summed E-state index contributed by atoms with van der Waals surface area (Å²) in [5, 5.41) is 3.90. The van der Waals surface area contributed by atoms with E-state index in [1.165, 1.54) is 0 Å². The van der Waals surface area contributed by atoms with E-state index in [-0.39, 0.29) is 12.5 Å². The zero-order chi connectivity index (χ0) is 18.6. The van der Waals surface area contributed by atoms with Crippen LogP contribution in [0.3, 0.4) is 0 Å². The number of ether oxygens (including phenoxy) is 1. The molecule has 0 unspecified atom stereocenters. The molecule has 3 aromatic carbocycles. The molecule has 27 heavy (non-hydrogen) atoms. The number of fused-ring (bicyclic) bond motifs is 1. The van der Waals surface area contributed by atoms with E-state index in [1.54, 1.807) is 11.3 Å². The van der Waals surface area contributed by atoms with E-state index in [0.29, 0.717) is 5.75 Å². The summed E-state index contributed by atoms with van der Waals surface area (Å²) in [5.74, 6) is 0.492. The number of amides is 1. The Balaban J connectivity index is 1.45. The van der Waals surface area contributed by atoms with Gasteiger partial charge in [-0.25, -0.2) is 4.98 Å². The monoisotopic (exact) mass is 374 g/mol. The summed E-state index contributed by atoms with van der Waals surface area (Å²) in [6.45, 7) is 1.92. The van der Waals surface area contributed by atoms with E-state index in [2.05, 4.69) is 10.3 Å². The number of rotatable bonds is 5. The molecule has 0 atom stereocenters. The van der Waals surface area contributed by atoms with Gasteiger partial charge in [0, 0.05) is 11.3 Å². The van der Waals surface area contributed by atoms with Crippen molar-refractivity contribution in [2.75, 3.05) is 11.9 Å². The summed E-state index contributed by atoms with van der Waals surface area (Å²) in [6.07, 6.45) is 0. The Hall–Kier alpha value is -3.18. The minimum absolute atomic E-state index is 0.0520. The highest BCUT2D eigenvalue weighted by Gasteiger charge is 2.09. The van der Waals surface area contributed by atoms with Crippen LogP contribution in [0.5, 0.6) is 5.75 Å². The Morgan fingerprint density at radius 1 is 1.04 bits per heavy atom. The molecule has 4 rings (SSSR count). The number of carbonyl (C=O) groups excluding carboxylic acids is 1. The van der Waals surface area contributed by atoms with Crippen LogP contribution in [0.25, 0.3) is 21.3 Å². The second-order valence-corrected chi connectivity index (χ2v) is 7.35. The Bertz CT molecular complexity index is 1090. The lowest BCUT2D eigenvalue weighted by atomic mass is 10.1. The summed E-state index contributed by atoms with van der Waals surface area (Å²) in [5.41, 5.74) is 3.71. The Morgan fingerprint density at radius 2 is 1.81 bits per heavy atom. The quantitative estimate of drug-likeness (QED) is 0.516. The van der Waals surface area contributed by atoms with E-state index in [0.717, 1.165) is 32.0 Å². The summed E-state index contributed by atoms with van der Waals surface area (Å²) in [6, 6.07) is 23.4. The maximum atomic E-state index is 12.3. The second kappa shape index (κ2) is 7.60. The van der Waals surface area contributed by atoms with Crippen molar-refractivity contribution in [1.29, 1.82) is 0 Å². The number of anilines is 1. The molecule has 4 nitrogen and oxygen atoms in total. The Morgan fingerprint density at radius 3 is 2.67 bits per heavy atom. The molecule has 4 aromatic rings. The van der Waals surface area contributed by atoms with Gasteiger partial charge in [0.2, 0.25) is 0 Å². The molecule has 0 fully saturated rings. The molecule has 0 saturated carbocycles. The van der Waals surface area contributed by atoms with Crippen LogP contribution in [0.15, 0.2) is 72.8 Å². The van der Waals surface area contributed by atoms with E-state index in [9.17, 15) is 4.79 Å². The highest BCUT2D eigenvalue weighted by molar-refractivity contribution is 7.18. The normalized spacial score (nSPS) is 10.7. The highest BCUT2D eigenvalue weighted by Crippen LogP contribution is 2.29. The highest BCUT2D eigenvalue weighted by atomic mass is 32.1. The minimum Gasteiger partial charge on any atom is -0.483 e. The molecule has 0 radical (unpaired) electrons. The number of aryl methyl sites for hydroxylation is 1. The number of aromatic nitrogens is 1. The van der Waals surface area contributed by atoms with E-state index >= 15 is 0 Å². The molecule has 0 aliphatic heterocycles. The van der Waals surface area contributed by atoms with Gasteiger partial charge in [-0.1, -0.05) is 48.5 Å². The van der Waals surface area contributed by atoms with Crippen molar-refractivity contribution < 1.29 is 9.53 Å². The first-order valence-corrected chi connectivity index (χ1v) is 9.45. The van der Waals surface area contributed by atoms with Gasteiger partial charge in [-0.05, 0) is 36.8 Å². The summed E-state index contributed by atoms with van der Waals surface area (Å²) < 4.78 is 6.85. The fourth-order valence-corrected chi connectivity index (χ4v) is 3.77. The maximum absolute atomic E-state index is 12.3. The average Bonchev–Trinajstić information content (AvgIpc) is 3.06. The molecule has 0 saturated heterocycles. The number of hydrogen-bond acceptors (Lipinski definition) is 4. The van der Waals surface area contributed by atoms with Crippen LogP contribution in [-0.2, 0) is 4.79 Å². The molecule has 0 aliphatic rings. The van der Waals surface area contributed by atoms with Gasteiger partial charge in [0.15, 0.2) is 6.61 Å². The number of carbonyl (C=O) groups is 1. The maximum Gasteiger partial charge on any atom is 0.262 e. The zero-order valence-corrected chi connectivity index (χ0v) is 15.6. The van der Waals surface area contributed by atoms with Crippen LogP contribution >= 0.6 is 11.3 Å². The van der Waals surface area contributed by atoms with Crippen molar-refractivity contribution in [2.24, 2.45) is 0 Å². The van der Waals surface area contributed by atoms with Gasteiger partial charge < -0.3 is 10.1 Å². The molecule has 1 heterocycles. The van der Waals surface area contributed by atoms with Crippen LogP contribution in [-0.4, -0.2) is 17.5 Å². The smallest absolute Gasteiger partial charge is 0.262 e. The third kappa shape index (κ3) is 3.99. The van der Waals surface area contributed by atoms with Gasteiger partial charge in [-0.15, -0.1) is 11.3 Å². The number of nitrogens with zero attached hydrogens (tertiary/aromatic N) is 1. The standard InChI is InChI=1S/C22H18N2O2S/c1-15-23-19-12-11-17(13-21(19)27-15)24-22(25)14-26-20-10-6-5-9-18(20)16-7-3-2-4-8-16/h2-13H,14H2,1H3,(H,24,25). The van der Waals surface area contributed by atoms with Crippen molar-refractivity contribution in [3.63, 3.8) is 0 Å². The largest absolute Gasteiger partial charge is 0.483 e. The SMILES string of the molecule is Cc1nc2ccc(NC(=O)COc3ccccc3-c3ccccc3)cc2s1. The predicted octanol–water partition coefficient (Wildman–Crippen LogP) is 5.29. The van der Waals surface area contributed by atoms with Crippen molar-refractivity contribution >= 4 is 33.1 Å². The van der Waals surface area contributed by atoms with Crippen molar-refractivity contribution in [1.82, 2.24) is 4.98 Å². The van der Waals surface area contributed by atoms with Crippen molar-refractivity contribution in [2.45, 2.75) is 6.92 Å². The van der Waals surface area contributed by atoms with E-state index in [1.807, 2.05) is 79.7 Å². The van der Waals surface area contributed by atoms with Gasteiger partial charge in [0.05, 0.1) is 15.2 Å². The fraction of sp³-hybridized carbons (Fsp3) is 0.0909. The molecule has 0 aliphatic carbocycles. The van der Waals surface area contributed by atoms with Crippen LogP contribution in [0.1, 0.15) is 5.01 Å². The third-order valence-corrected chi connectivity index (χ3v) is 5.04. The fourth-order valence-electron chi connectivity index (χ4n) is 2.91. The Kier molecular flexibility index (Phi) is 4.85. The molecule has 5 heteroatoms. The molecule has 0 spiro atoms. The topological polar surface area (TPSA) is 51.2 Å². The van der Waals surface area contributed by atoms with Crippen LogP contribution in [0.2, 0.25) is 0 Å². The number of benzene rings is 3. The van der Waals surface area contributed by atoms with Gasteiger partial charge >= 0.3 is 0 Å². The predicted molar refractivity (Wildman–Crippen MR) is 110 cm³/mol. The minimum atomic E-state index is -0.196. The molecule has 134 valence electrons. The molecule has 1 aromatic heterocycles. The summed E-state index contributed by atoms with van der Waals surface area (Å²) in [7, 11) is 0. The lowest BCUT2D eigenvalue weighted by Crippen LogP contribution is -2.20. The lowest BCUT2D eigenvalue weighted by Gasteiger charge is -2.12. The molecular weight excluding hydrogens is 356 g/mol.